The Kier molecular flexibility index (Phi) is 10.2. The number of carbonyl (C=O) groups excluding carboxylic acids is 1. The van der Waals surface area contributed by atoms with Crippen molar-refractivity contribution in [2.45, 2.75) is 84.6 Å². The van der Waals surface area contributed by atoms with E-state index in [0.29, 0.717) is 13.0 Å². The van der Waals surface area contributed by atoms with Crippen LogP contribution in [0.25, 0.3) is 0 Å². The second-order valence-corrected chi connectivity index (χ2v) is 6.47. The highest BCUT2D eigenvalue weighted by atomic mass is 16.3. The van der Waals surface area contributed by atoms with Crippen LogP contribution in [0.3, 0.4) is 0 Å². The fourth-order valence-electron chi connectivity index (χ4n) is 2.76. The minimum atomic E-state index is 0.125. The molecule has 1 rings (SSSR count). The number of nitrogens with one attached hydrogen (secondary N) is 1. The number of aromatic hydroxyl groups is 1. The van der Waals surface area contributed by atoms with Crippen molar-refractivity contribution in [1.82, 2.24) is 5.32 Å². The normalized spacial score (nSPS) is 10.7. The fraction of sp³-hybridized carbons (Fsp3) is 0.650. The van der Waals surface area contributed by atoms with Crippen LogP contribution in [0.2, 0.25) is 0 Å². The van der Waals surface area contributed by atoms with E-state index in [1.54, 1.807) is 12.1 Å². The summed E-state index contributed by atoms with van der Waals surface area (Å²) in [5.74, 6) is 0.396. The van der Waals surface area contributed by atoms with Gasteiger partial charge >= 0.3 is 0 Å². The second kappa shape index (κ2) is 12.0. The third-order valence-electron chi connectivity index (χ3n) is 4.31. The van der Waals surface area contributed by atoms with Gasteiger partial charge in [-0.15, -0.1) is 0 Å². The Morgan fingerprint density at radius 2 is 1.61 bits per heavy atom. The lowest BCUT2D eigenvalue weighted by molar-refractivity contribution is -0.121. The first-order valence-electron chi connectivity index (χ1n) is 9.18. The summed E-state index contributed by atoms with van der Waals surface area (Å²) in [5, 5.41) is 12.3. The second-order valence-electron chi connectivity index (χ2n) is 6.47. The summed E-state index contributed by atoms with van der Waals surface area (Å²) in [6.45, 7) is 4.73. The van der Waals surface area contributed by atoms with Crippen LogP contribution < -0.4 is 5.32 Å². The summed E-state index contributed by atoms with van der Waals surface area (Å²) in [4.78, 5) is 11.8. The van der Waals surface area contributed by atoms with Crippen LogP contribution in [0, 0.1) is 6.92 Å². The first kappa shape index (κ1) is 19.5. The molecule has 0 saturated carbocycles. The number of aryl methyl sites for hydroxylation is 1. The van der Waals surface area contributed by atoms with E-state index in [1.165, 1.54) is 44.9 Å². The maximum Gasteiger partial charge on any atom is 0.220 e. The first-order chi connectivity index (χ1) is 11.1. The lowest BCUT2D eigenvalue weighted by Gasteiger charge is -2.08. The van der Waals surface area contributed by atoms with Crippen LogP contribution in [0.5, 0.6) is 5.75 Å². The minimum Gasteiger partial charge on any atom is -0.508 e. The molecular formula is C20H33NO2. The number of hydrogen-bond acceptors (Lipinski definition) is 2. The van der Waals surface area contributed by atoms with Crippen molar-refractivity contribution in [3.63, 3.8) is 0 Å². The summed E-state index contributed by atoms with van der Waals surface area (Å²) in [5.41, 5.74) is 2.07. The highest BCUT2D eigenvalue weighted by Crippen LogP contribution is 2.15. The van der Waals surface area contributed by atoms with Crippen molar-refractivity contribution in [2.24, 2.45) is 0 Å². The van der Waals surface area contributed by atoms with Gasteiger partial charge in [-0.25, -0.2) is 0 Å². The molecule has 0 atom stereocenters. The Hall–Kier alpha value is -1.51. The summed E-state index contributed by atoms with van der Waals surface area (Å²) in [6, 6.07) is 5.25. The van der Waals surface area contributed by atoms with Gasteiger partial charge in [0.05, 0.1) is 0 Å². The van der Waals surface area contributed by atoms with E-state index >= 15 is 0 Å². The Bertz CT molecular complexity index is 457. The van der Waals surface area contributed by atoms with Gasteiger partial charge in [0.1, 0.15) is 5.75 Å². The molecule has 2 N–H and O–H groups in total. The smallest absolute Gasteiger partial charge is 0.220 e. The molecule has 0 saturated heterocycles. The number of hydrogen-bond donors (Lipinski definition) is 2. The number of phenolic OH excluding ortho intramolecular Hbond substituents is 1. The molecule has 0 bridgehead atoms. The average Bonchev–Trinajstić information content (AvgIpc) is 2.52. The van der Waals surface area contributed by atoms with E-state index in [-0.39, 0.29) is 11.7 Å². The summed E-state index contributed by atoms with van der Waals surface area (Å²) < 4.78 is 0. The van der Waals surface area contributed by atoms with Gasteiger partial charge in [0.2, 0.25) is 5.91 Å². The van der Waals surface area contributed by atoms with Crippen molar-refractivity contribution in [3.8, 4) is 5.75 Å². The third kappa shape index (κ3) is 9.27. The van der Waals surface area contributed by atoms with Crippen LogP contribution in [0.15, 0.2) is 18.2 Å². The molecule has 0 radical (unpaired) electrons. The van der Waals surface area contributed by atoms with Gasteiger partial charge in [0.15, 0.2) is 0 Å². The van der Waals surface area contributed by atoms with Gasteiger partial charge in [0, 0.05) is 13.0 Å². The maximum absolute atomic E-state index is 11.8. The zero-order chi connectivity index (χ0) is 16.9. The number of rotatable bonds is 12. The quantitative estimate of drug-likeness (QED) is 0.518. The van der Waals surface area contributed by atoms with Crippen molar-refractivity contribution in [2.75, 3.05) is 0 Å². The number of amides is 1. The predicted molar refractivity (Wildman–Crippen MR) is 96.5 cm³/mol. The molecule has 0 spiro atoms. The standard InChI is InChI=1S/C20H33NO2/c1-3-4-5-6-7-8-9-10-11-12-20(23)21-16-18-13-14-19(22)15-17(18)2/h13-15,22H,3-12,16H2,1-2H3,(H,21,23). The van der Waals surface area contributed by atoms with Crippen molar-refractivity contribution < 1.29 is 9.90 Å². The highest BCUT2D eigenvalue weighted by molar-refractivity contribution is 5.75. The molecule has 23 heavy (non-hydrogen) atoms. The van der Waals surface area contributed by atoms with Crippen molar-refractivity contribution in [3.05, 3.63) is 29.3 Å². The van der Waals surface area contributed by atoms with Crippen LogP contribution in [0.4, 0.5) is 0 Å². The number of benzene rings is 1. The highest BCUT2D eigenvalue weighted by Gasteiger charge is 2.04. The van der Waals surface area contributed by atoms with Crippen LogP contribution in [0.1, 0.15) is 82.3 Å². The molecule has 0 aromatic heterocycles. The van der Waals surface area contributed by atoms with Crippen LogP contribution >= 0.6 is 0 Å². The van der Waals surface area contributed by atoms with Gasteiger partial charge in [-0.3, -0.25) is 4.79 Å². The van der Waals surface area contributed by atoms with Crippen LogP contribution in [-0.4, -0.2) is 11.0 Å². The number of phenols is 1. The summed E-state index contributed by atoms with van der Waals surface area (Å²) in [7, 11) is 0. The lowest BCUT2D eigenvalue weighted by Crippen LogP contribution is -2.22. The van der Waals surface area contributed by atoms with E-state index in [1.807, 2.05) is 13.0 Å². The third-order valence-corrected chi connectivity index (χ3v) is 4.31. The van der Waals surface area contributed by atoms with Gasteiger partial charge in [-0.2, -0.15) is 0 Å². The Labute approximate surface area is 141 Å². The molecule has 0 unspecified atom stereocenters. The number of unbranched alkanes of at least 4 members (excludes halogenated alkanes) is 8. The van der Waals surface area contributed by atoms with E-state index < -0.39 is 0 Å². The minimum absolute atomic E-state index is 0.125. The molecule has 0 aliphatic carbocycles. The topological polar surface area (TPSA) is 49.3 Å². The predicted octanol–water partition coefficient (Wildman–Crippen LogP) is 5.24. The fourth-order valence-corrected chi connectivity index (χ4v) is 2.76. The molecule has 1 amide bonds. The largest absolute Gasteiger partial charge is 0.508 e. The zero-order valence-electron chi connectivity index (χ0n) is 14.9. The monoisotopic (exact) mass is 319 g/mol. The van der Waals surface area contributed by atoms with E-state index in [2.05, 4.69) is 12.2 Å². The number of carbonyl (C=O) groups is 1. The van der Waals surface area contributed by atoms with Crippen molar-refractivity contribution in [1.29, 1.82) is 0 Å². The van der Waals surface area contributed by atoms with Gasteiger partial charge in [0.25, 0.3) is 0 Å². The SMILES string of the molecule is CCCCCCCCCCCC(=O)NCc1ccc(O)cc1C. The molecule has 3 heteroatoms. The van der Waals surface area contributed by atoms with Gasteiger partial charge in [-0.1, -0.05) is 64.4 Å². The molecule has 130 valence electrons. The Morgan fingerprint density at radius 3 is 2.22 bits per heavy atom. The molecule has 0 heterocycles. The van der Waals surface area contributed by atoms with E-state index in [4.69, 9.17) is 0 Å². The van der Waals surface area contributed by atoms with Gasteiger partial charge < -0.3 is 10.4 Å². The molecule has 0 fully saturated rings. The molecule has 1 aromatic rings. The Balaban J connectivity index is 2.02. The van der Waals surface area contributed by atoms with E-state index in [9.17, 15) is 9.90 Å². The van der Waals surface area contributed by atoms with Gasteiger partial charge in [-0.05, 0) is 36.6 Å². The van der Waals surface area contributed by atoms with E-state index in [0.717, 1.165) is 24.0 Å². The Morgan fingerprint density at radius 1 is 1.00 bits per heavy atom. The zero-order valence-corrected chi connectivity index (χ0v) is 14.9. The maximum atomic E-state index is 11.8. The van der Waals surface area contributed by atoms with Crippen molar-refractivity contribution >= 4 is 5.91 Å². The average molecular weight is 319 g/mol. The molecule has 1 aromatic carbocycles. The van der Waals surface area contributed by atoms with Crippen LogP contribution in [-0.2, 0) is 11.3 Å². The molecule has 3 nitrogen and oxygen atoms in total. The summed E-state index contributed by atoms with van der Waals surface area (Å²) >= 11 is 0. The molecular weight excluding hydrogens is 286 g/mol. The first-order valence-corrected chi connectivity index (χ1v) is 9.18. The lowest BCUT2D eigenvalue weighted by atomic mass is 10.1. The molecule has 0 aliphatic heterocycles. The summed E-state index contributed by atoms with van der Waals surface area (Å²) in [6.07, 6.45) is 12.0. The molecule has 0 aliphatic rings.